The molecule has 1 rings (SSSR count). The van der Waals surface area contributed by atoms with E-state index in [9.17, 15) is 14.9 Å². The number of aromatic nitrogens is 1. The van der Waals surface area contributed by atoms with Crippen LogP contribution in [0.15, 0.2) is 12.1 Å². The van der Waals surface area contributed by atoms with Crippen LogP contribution < -0.4 is 4.74 Å². The highest BCUT2D eigenvalue weighted by atomic mass is 16.6. The van der Waals surface area contributed by atoms with Gasteiger partial charge in [-0.25, -0.2) is 0 Å². The molecule has 1 aromatic heterocycles. The minimum absolute atomic E-state index is 0.115. The van der Waals surface area contributed by atoms with Gasteiger partial charge in [-0.3, -0.25) is 14.9 Å². The first kappa shape index (κ1) is 12.4. The number of nitrogens with zero attached hydrogens (tertiary/aromatic N) is 2. The Morgan fingerprint density at radius 1 is 1.65 bits per heavy atom. The van der Waals surface area contributed by atoms with Crippen LogP contribution in [0.4, 0.5) is 5.69 Å². The van der Waals surface area contributed by atoms with Gasteiger partial charge in [0.25, 0.3) is 0 Å². The second-order valence-corrected chi connectivity index (χ2v) is 2.85. The number of rotatable bonds is 3. The Balaban J connectivity index is 3.12. The molecule has 0 aliphatic rings. The highest BCUT2D eigenvalue weighted by Gasteiger charge is 2.14. The molecule has 0 radical (unpaired) electrons. The van der Waals surface area contributed by atoms with Gasteiger partial charge in [-0.15, -0.1) is 0 Å². The van der Waals surface area contributed by atoms with Crippen molar-refractivity contribution in [3.8, 4) is 17.7 Å². The summed E-state index contributed by atoms with van der Waals surface area (Å²) in [4.78, 5) is 24.0. The van der Waals surface area contributed by atoms with Gasteiger partial charge in [0.1, 0.15) is 6.42 Å². The Morgan fingerprint density at radius 3 is 2.88 bits per heavy atom. The highest BCUT2D eigenvalue weighted by molar-refractivity contribution is 5.70. The molecule has 0 amide bonds. The first-order valence-corrected chi connectivity index (χ1v) is 4.44. The molecule has 1 heterocycles. The van der Waals surface area contributed by atoms with Crippen molar-refractivity contribution >= 4 is 11.7 Å². The van der Waals surface area contributed by atoms with Crippen LogP contribution in [0.1, 0.15) is 12.1 Å². The van der Waals surface area contributed by atoms with E-state index in [4.69, 9.17) is 9.84 Å². The molecular formula is C10H8N2O5. The maximum Gasteiger partial charge on any atom is 0.315 e. The van der Waals surface area contributed by atoms with Crippen molar-refractivity contribution in [3.05, 3.63) is 27.9 Å². The fraction of sp³-hybridized carbons (Fsp3) is 0.200. The molecule has 0 unspecified atom stereocenters. The van der Waals surface area contributed by atoms with Crippen LogP contribution in [0.5, 0.6) is 5.88 Å². The van der Waals surface area contributed by atoms with E-state index < -0.39 is 17.3 Å². The van der Waals surface area contributed by atoms with E-state index in [0.717, 1.165) is 0 Å². The monoisotopic (exact) mass is 236 g/mol. The van der Waals surface area contributed by atoms with E-state index >= 15 is 0 Å². The fourth-order valence-electron chi connectivity index (χ4n) is 0.990. The van der Waals surface area contributed by atoms with E-state index in [2.05, 4.69) is 16.8 Å². The number of carbonyl (C=O) groups is 1. The topological polar surface area (TPSA) is 103 Å². The number of pyridine rings is 1. The maximum absolute atomic E-state index is 10.7. The third-order valence-corrected chi connectivity index (χ3v) is 1.70. The zero-order chi connectivity index (χ0) is 12.8. The molecule has 0 fully saturated rings. The molecule has 0 spiro atoms. The van der Waals surface area contributed by atoms with E-state index in [1.165, 1.54) is 19.2 Å². The molecule has 0 saturated carbocycles. The highest BCUT2D eigenvalue weighted by Crippen LogP contribution is 2.18. The Bertz CT molecular complexity index is 515. The van der Waals surface area contributed by atoms with E-state index in [1.807, 2.05) is 0 Å². The molecule has 7 nitrogen and oxygen atoms in total. The summed E-state index contributed by atoms with van der Waals surface area (Å²) in [6.07, 6.45) is -0.407. The number of methoxy groups -OCH3 is 1. The van der Waals surface area contributed by atoms with Crippen molar-refractivity contribution in [3.63, 3.8) is 0 Å². The van der Waals surface area contributed by atoms with Gasteiger partial charge >= 0.3 is 11.7 Å². The number of nitro groups is 1. The molecule has 17 heavy (non-hydrogen) atoms. The third kappa shape index (κ3) is 3.46. The molecule has 0 bridgehead atoms. The SMILES string of the molecule is COc1ccc([N+](=O)[O-])c(C#CCC(=O)O)n1. The Morgan fingerprint density at radius 2 is 2.35 bits per heavy atom. The molecule has 1 aromatic rings. The first-order chi connectivity index (χ1) is 8.04. The van der Waals surface area contributed by atoms with Crippen LogP contribution in [0.25, 0.3) is 0 Å². The van der Waals surface area contributed by atoms with Crippen molar-refractivity contribution in [1.82, 2.24) is 4.98 Å². The average molecular weight is 236 g/mol. The fourth-order valence-corrected chi connectivity index (χ4v) is 0.990. The lowest BCUT2D eigenvalue weighted by Crippen LogP contribution is -1.97. The summed E-state index contributed by atoms with van der Waals surface area (Å²) in [5.74, 6) is 3.68. The van der Waals surface area contributed by atoms with Crippen LogP contribution in [0, 0.1) is 22.0 Å². The molecule has 0 aliphatic carbocycles. The number of aliphatic carboxylic acids is 1. The first-order valence-electron chi connectivity index (χ1n) is 4.44. The van der Waals surface area contributed by atoms with Gasteiger partial charge in [-0.2, -0.15) is 4.98 Å². The minimum Gasteiger partial charge on any atom is -0.481 e. The van der Waals surface area contributed by atoms with Crippen molar-refractivity contribution in [2.75, 3.05) is 7.11 Å². The van der Waals surface area contributed by atoms with Gasteiger partial charge in [0, 0.05) is 12.1 Å². The van der Waals surface area contributed by atoms with Gasteiger partial charge in [0.2, 0.25) is 5.88 Å². The summed E-state index contributed by atoms with van der Waals surface area (Å²) in [5, 5.41) is 19.0. The number of ether oxygens (including phenoxy) is 1. The van der Waals surface area contributed by atoms with Gasteiger partial charge in [-0.1, -0.05) is 5.92 Å². The molecule has 0 aromatic carbocycles. The lowest BCUT2D eigenvalue weighted by Gasteiger charge is -1.99. The summed E-state index contributed by atoms with van der Waals surface area (Å²) in [6, 6.07) is 2.54. The van der Waals surface area contributed by atoms with Crippen molar-refractivity contribution in [1.29, 1.82) is 0 Å². The molecule has 1 N–H and O–H groups in total. The van der Waals surface area contributed by atoms with Crippen molar-refractivity contribution in [2.24, 2.45) is 0 Å². The van der Waals surface area contributed by atoms with Crippen LogP contribution in [0.3, 0.4) is 0 Å². The molecule has 0 saturated heterocycles. The molecule has 88 valence electrons. The number of carboxylic acid groups (broad SMARTS) is 1. The largest absolute Gasteiger partial charge is 0.481 e. The summed E-state index contributed by atoms with van der Waals surface area (Å²) >= 11 is 0. The van der Waals surface area contributed by atoms with Gasteiger partial charge < -0.3 is 9.84 Å². The summed E-state index contributed by atoms with van der Waals surface area (Å²) in [5.41, 5.74) is -0.403. The minimum atomic E-state index is -1.11. The van der Waals surface area contributed by atoms with E-state index in [1.54, 1.807) is 0 Å². The summed E-state index contributed by atoms with van der Waals surface area (Å²) in [7, 11) is 1.36. The van der Waals surface area contributed by atoms with Crippen LogP contribution in [0.2, 0.25) is 0 Å². The molecular weight excluding hydrogens is 228 g/mol. The predicted molar refractivity (Wildman–Crippen MR) is 56.6 cm³/mol. The molecule has 0 aliphatic heterocycles. The quantitative estimate of drug-likeness (QED) is 0.473. The van der Waals surface area contributed by atoms with E-state index in [0.29, 0.717) is 0 Å². The van der Waals surface area contributed by atoms with Crippen LogP contribution in [-0.4, -0.2) is 28.1 Å². The predicted octanol–water partition coefficient (Wildman–Crippen LogP) is 0.825. The lowest BCUT2D eigenvalue weighted by atomic mass is 10.3. The molecule has 0 atom stereocenters. The van der Waals surface area contributed by atoms with Gasteiger partial charge in [0.05, 0.1) is 12.0 Å². The zero-order valence-electron chi connectivity index (χ0n) is 8.84. The van der Waals surface area contributed by atoms with E-state index in [-0.39, 0.29) is 17.3 Å². The summed E-state index contributed by atoms with van der Waals surface area (Å²) < 4.78 is 4.80. The third-order valence-electron chi connectivity index (χ3n) is 1.70. The standard InChI is InChI=1S/C10H8N2O5/c1-17-9-6-5-8(12(15)16)7(11-9)3-2-4-10(13)14/h5-6H,4H2,1H3,(H,13,14). The Hall–Kier alpha value is -2.62. The van der Waals surface area contributed by atoms with Gasteiger partial charge in [-0.05, 0) is 5.92 Å². The second kappa shape index (κ2) is 5.46. The second-order valence-electron chi connectivity index (χ2n) is 2.85. The summed E-state index contributed by atoms with van der Waals surface area (Å²) in [6.45, 7) is 0. The van der Waals surface area contributed by atoms with Crippen LogP contribution >= 0.6 is 0 Å². The smallest absolute Gasteiger partial charge is 0.315 e. The van der Waals surface area contributed by atoms with Crippen molar-refractivity contribution < 1.29 is 19.6 Å². The number of carboxylic acids is 1. The number of hydrogen-bond acceptors (Lipinski definition) is 5. The Kier molecular flexibility index (Phi) is 4.00. The van der Waals surface area contributed by atoms with Crippen LogP contribution in [-0.2, 0) is 4.79 Å². The van der Waals surface area contributed by atoms with Crippen molar-refractivity contribution in [2.45, 2.75) is 6.42 Å². The maximum atomic E-state index is 10.7. The zero-order valence-corrected chi connectivity index (χ0v) is 8.84. The molecule has 7 heteroatoms. The lowest BCUT2D eigenvalue weighted by molar-refractivity contribution is -0.385. The normalized spacial score (nSPS) is 9.00. The Labute approximate surface area is 96.2 Å². The number of hydrogen-bond donors (Lipinski definition) is 1. The average Bonchev–Trinajstić information content (AvgIpc) is 2.28. The van der Waals surface area contributed by atoms with Gasteiger partial charge in [0.15, 0.2) is 5.69 Å².